The van der Waals surface area contributed by atoms with Gasteiger partial charge in [0.25, 0.3) is 0 Å². The van der Waals surface area contributed by atoms with E-state index in [2.05, 4.69) is 129 Å². The number of rotatable bonds is 14. The molecule has 0 fully saturated rings. The van der Waals surface area contributed by atoms with Gasteiger partial charge in [-0.2, -0.15) is 0 Å². The highest BCUT2D eigenvalue weighted by Gasteiger charge is 2.20. The van der Waals surface area contributed by atoms with Gasteiger partial charge in [-0.25, -0.2) is 0 Å². The first-order valence-corrected chi connectivity index (χ1v) is 15.3. The molecule has 0 spiro atoms. The number of fused-ring (bicyclic) bond motifs is 2. The van der Waals surface area contributed by atoms with Crippen molar-refractivity contribution in [1.29, 1.82) is 0 Å². The Morgan fingerprint density at radius 3 is 2.13 bits per heavy atom. The third-order valence-electron chi connectivity index (χ3n) is 8.32. The molecule has 0 aliphatic rings. The topological polar surface area (TPSA) is 6.48 Å². The van der Waals surface area contributed by atoms with Crippen LogP contribution in [-0.4, -0.2) is 36.0 Å². The highest BCUT2D eigenvalue weighted by Crippen LogP contribution is 2.37. The summed E-state index contributed by atoms with van der Waals surface area (Å²) < 4.78 is 0. The molecule has 0 saturated heterocycles. The van der Waals surface area contributed by atoms with Crippen molar-refractivity contribution in [3.05, 3.63) is 102 Å². The normalized spacial score (nSPS) is 12.9. The summed E-state index contributed by atoms with van der Waals surface area (Å²) >= 11 is 0. The monoisotopic (exact) mass is 520 g/mol. The van der Waals surface area contributed by atoms with Crippen LogP contribution in [0.25, 0.3) is 27.2 Å². The van der Waals surface area contributed by atoms with Crippen molar-refractivity contribution in [3.63, 3.8) is 0 Å². The minimum atomic E-state index is 0.497. The Bertz CT molecular complexity index is 1360. The van der Waals surface area contributed by atoms with Crippen molar-refractivity contribution >= 4 is 27.2 Å². The lowest BCUT2D eigenvalue weighted by Gasteiger charge is -2.31. The molecular formula is C37H48N2. The van der Waals surface area contributed by atoms with Crippen LogP contribution in [0.2, 0.25) is 0 Å². The zero-order chi connectivity index (χ0) is 27.6. The first kappa shape index (κ1) is 28.9. The summed E-state index contributed by atoms with van der Waals surface area (Å²) in [7, 11) is 0. The smallest absolute Gasteiger partial charge is 0.0429 e. The van der Waals surface area contributed by atoms with Crippen molar-refractivity contribution in [2.75, 3.05) is 26.2 Å². The van der Waals surface area contributed by atoms with Gasteiger partial charge in [0.15, 0.2) is 0 Å². The second kappa shape index (κ2) is 14.3. The molecule has 4 aromatic rings. The van der Waals surface area contributed by atoms with Crippen LogP contribution in [0.4, 0.5) is 0 Å². The molecule has 206 valence electrons. The van der Waals surface area contributed by atoms with E-state index in [0.717, 1.165) is 39.0 Å². The molecule has 4 rings (SSSR count). The first-order chi connectivity index (χ1) is 19.1. The zero-order valence-electron chi connectivity index (χ0n) is 24.9. The highest BCUT2D eigenvalue weighted by molar-refractivity contribution is 5.91. The van der Waals surface area contributed by atoms with Crippen molar-refractivity contribution in [2.45, 2.75) is 72.8 Å². The summed E-state index contributed by atoms with van der Waals surface area (Å²) in [6.45, 7) is 17.0. The van der Waals surface area contributed by atoms with Gasteiger partial charge < -0.3 is 9.80 Å². The number of hydrogen-bond donors (Lipinski definition) is 0. The molecule has 0 aliphatic carbocycles. The van der Waals surface area contributed by atoms with Gasteiger partial charge >= 0.3 is 0 Å². The van der Waals surface area contributed by atoms with Crippen LogP contribution in [0.1, 0.15) is 82.9 Å². The first-order valence-electron chi connectivity index (χ1n) is 15.3. The molecule has 39 heavy (non-hydrogen) atoms. The van der Waals surface area contributed by atoms with Gasteiger partial charge in [-0.05, 0) is 90.0 Å². The third kappa shape index (κ3) is 7.11. The van der Waals surface area contributed by atoms with Crippen LogP contribution >= 0.6 is 0 Å². The Hall–Kier alpha value is -3.10. The number of allylic oxidation sites excluding steroid dienone is 1. The molecule has 2 heteroatoms. The molecule has 0 aliphatic heterocycles. The highest BCUT2D eigenvalue weighted by atomic mass is 15.1. The fraction of sp³-hybridized carbons (Fsp3) is 0.405. The van der Waals surface area contributed by atoms with Crippen molar-refractivity contribution in [1.82, 2.24) is 9.80 Å². The van der Waals surface area contributed by atoms with Crippen LogP contribution < -0.4 is 0 Å². The summed E-state index contributed by atoms with van der Waals surface area (Å²) in [6, 6.07) is 29.4. The summed E-state index contributed by atoms with van der Waals surface area (Å²) in [5.74, 6) is 0.497. The molecule has 0 saturated carbocycles. The third-order valence-corrected chi connectivity index (χ3v) is 8.32. The van der Waals surface area contributed by atoms with Crippen LogP contribution in [-0.2, 0) is 6.54 Å². The lowest BCUT2D eigenvalue weighted by molar-refractivity contribution is 0.286. The quantitative estimate of drug-likeness (QED) is 0.153. The second-order valence-electron chi connectivity index (χ2n) is 10.9. The van der Waals surface area contributed by atoms with Crippen molar-refractivity contribution in [3.8, 4) is 0 Å². The molecule has 0 amide bonds. The maximum Gasteiger partial charge on any atom is 0.0429 e. The summed E-state index contributed by atoms with van der Waals surface area (Å²) in [4.78, 5) is 5.21. The number of unbranched alkanes of at least 4 members (excludes halogenated alkanes) is 1. The lowest BCUT2D eigenvalue weighted by Crippen LogP contribution is -2.27. The summed E-state index contributed by atoms with van der Waals surface area (Å²) in [5.41, 5.74) is 5.69. The van der Waals surface area contributed by atoms with Crippen molar-refractivity contribution < 1.29 is 0 Å². The van der Waals surface area contributed by atoms with Gasteiger partial charge in [0.1, 0.15) is 0 Å². The van der Waals surface area contributed by atoms with E-state index in [9.17, 15) is 0 Å². The van der Waals surface area contributed by atoms with E-state index >= 15 is 0 Å². The molecule has 2 nitrogen and oxygen atoms in total. The number of benzene rings is 4. The van der Waals surface area contributed by atoms with Gasteiger partial charge in [0.05, 0.1) is 0 Å². The Morgan fingerprint density at radius 2 is 1.41 bits per heavy atom. The molecule has 0 heterocycles. The lowest BCUT2D eigenvalue weighted by atomic mass is 9.87. The molecule has 0 aromatic heterocycles. The fourth-order valence-corrected chi connectivity index (χ4v) is 5.88. The summed E-state index contributed by atoms with van der Waals surface area (Å²) in [5, 5.41) is 5.37. The maximum absolute atomic E-state index is 2.67. The molecule has 4 aromatic carbocycles. The molecule has 0 radical (unpaired) electrons. The fourth-order valence-electron chi connectivity index (χ4n) is 5.88. The number of nitrogens with zero attached hydrogens (tertiary/aromatic N) is 2. The van der Waals surface area contributed by atoms with Crippen LogP contribution in [0.15, 0.2) is 84.9 Å². The largest absolute Gasteiger partial charge is 0.367 e. The van der Waals surface area contributed by atoms with E-state index in [1.165, 1.54) is 63.3 Å². The van der Waals surface area contributed by atoms with E-state index in [-0.39, 0.29) is 0 Å². The van der Waals surface area contributed by atoms with Gasteiger partial charge in [-0.3, -0.25) is 0 Å². The van der Waals surface area contributed by atoms with E-state index < -0.39 is 0 Å². The molecule has 1 unspecified atom stereocenters. The zero-order valence-corrected chi connectivity index (χ0v) is 24.9. The van der Waals surface area contributed by atoms with Crippen LogP contribution in [0, 0.1) is 0 Å². The molecule has 1 atom stereocenters. The SMILES string of the molecule is CC/C=C(\c1ccc2ccccc2c1C(C)CC)N(CCCCN(CC)CC)Cc1ccc2ccccc2c1. The second-order valence-corrected chi connectivity index (χ2v) is 10.9. The summed E-state index contributed by atoms with van der Waals surface area (Å²) in [6.07, 6.45) is 7.05. The average molecular weight is 521 g/mol. The Morgan fingerprint density at radius 1 is 0.744 bits per heavy atom. The molecule has 0 bridgehead atoms. The van der Waals surface area contributed by atoms with E-state index in [1.807, 2.05) is 0 Å². The van der Waals surface area contributed by atoms with Crippen LogP contribution in [0.5, 0.6) is 0 Å². The Balaban J connectivity index is 1.74. The minimum absolute atomic E-state index is 0.497. The van der Waals surface area contributed by atoms with E-state index in [0.29, 0.717) is 5.92 Å². The standard InChI is InChI=1S/C37H48N2/c1-6-16-36(35-24-23-32-18-12-13-20-34(32)37(35)29(5)7-2)39(26-15-14-25-38(8-3)9-4)28-30-21-22-31-17-10-11-19-33(31)27-30/h10-13,16-24,27,29H,6-9,14-15,25-26,28H2,1-5H3/b36-16+. The van der Waals surface area contributed by atoms with E-state index in [1.54, 1.807) is 0 Å². The minimum Gasteiger partial charge on any atom is -0.367 e. The maximum atomic E-state index is 2.67. The Kier molecular flexibility index (Phi) is 10.6. The Labute approximate surface area is 237 Å². The van der Waals surface area contributed by atoms with E-state index in [4.69, 9.17) is 0 Å². The van der Waals surface area contributed by atoms with Gasteiger partial charge in [0.2, 0.25) is 0 Å². The molecule has 0 N–H and O–H groups in total. The van der Waals surface area contributed by atoms with Gasteiger partial charge in [-0.1, -0.05) is 113 Å². The predicted molar refractivity (Wildman–Crippen MR) is 172 cm³/mol. The molecular weight excluding hydrogens is 472 g/mol. The van der Waals surface area contributed by atoms with Gasteiger partial charge in [0, 0.05) is 24.4 Å². The number of hydrogen-bond acceptors (Lipinski definition) is 2. The van der Waals surface area contributed by atoms with Crippen LogP contribution in [0.3, 0.4) is 0 Å². The van der Waals surface area contributed by atoms with Crippen molar-refractivity contribution in [2.24, 2.45) is 0 Å². The predicted octanol–water partition coefficient (Wildman–Crippen LogP) is 9.88. The average Bonchev–Trinajstić information content (AvgIpc) is 2.98. The van der Waals surface area contributed by atoms with Gasteiger partial charge in [-0.15, -0.1) is 0 Å².